The van der Waals surface area contributed by atoms with Crippen molar-refractivity contribution < 1.29 is 9.45 Å². The first-order chi connectivity index (χ1) is 13.1. The van der Waals surface area contributed by atoms with Crippen LogP contribution < -0.4 is 4.90 Å². The molecule has 2 heterocycles. The van der Waals surface area contributed by atoms with Crippen molar-refractivity contribution in [2.24, 2.45) is 0 Å². The van der Waals surface area contributed by atoms with Gasteiger partial charge in [-0.1, -0.05) is 24.2 Å². The summed E-state index contributed by atoms with van der Waals surface area (Å²) >= 11 is 1.89. The summed E-state index contributed by atoms with van der Waals surface area (Å²) < 4.78 is 5.44. The van der Waals surface area contributed by atoms with Gasteiger partial charge in [0.15, 0.2) is 0 Å². The van der Waals surface area contributed by atoms with E-state index in [1.54, 1.807) is 12.1 Å². The number of benzene rings is 2. The fourth-order valence-corrected chi connectivity index (χ4v) is 4.18. The van der Waals surface area contributed by atoms with Crippen LogP contribution in [0.3, 0.4) is 0 Å². The van der Waals surface area contributed by atoms with E-state index in [-0.39, 0.29) is 5.69 Å². The normalized spacial score (nSPS) is 16.6. The summed E-state index contributed by atoms with van der Waals surface area (Å²) in [6, 6.07) is 14.5. The predicted octanol–water partition coefficient (Wildman–Crippen LogP) is 4.54. The fraction of sp³-hybridized carbons (Fsp3) is 0.263. The first kappa shape index (κ1) is 17.5. The largest absolute Gasteiger partial charge is 0.361 e. The van der Waals surface area contributed by atoms with Gasteiger partial charge in [-0.3, -0.25) is 10.1 Å². The highest BCUT2D eigenvalue weighted by Gasteiger charge is 2.21. The van der Waals surface area contributed by atoms with E-state index in [2.05, 4.69) is 40.2 Å². The number of anilines is 1. The SMILES string of the molecule is CC1CCN(Cc2nc(-c3ccc([N+](=O)[O-])cc3)no2)c2ccccc2S1. The highest BCUT2D eigenvalue weighted by molar-refractivity contribution is 8.00. The van der Waals surface area contributed by atoms with E-state index in [0.717, 1.165) is 13.0 Å². The second-order valence-electron chi connectivity index (χ2n) is 6.42. The van der Waals surface area contributed by atoms with Crippen LogP contribution in [0.25, 0.3) is 11.4 Å². The topological polar surface area (TPSA) is 85.3 Å². The van der Waals surface area contributed by atoms with Crippen molar-refractivity contribution >= 4 is 23.1 Å². The molecule has 4 rings (SSSR count). The van der Waals surface area contributed by atoms with E-state index < -0.39 is 4.92 Å². The Balaban J connectivity index is 1.55. The second-order valence-corrected chi connectivity index (χ2v) is 7.90. The zero-order valence-corrected chi connectivity index (χ0v) is 15.6. The third kappa shape index (κ3) is 3.80. The number of aromatic nitrogens is 2. The minimum Gasteiger partial charge on any atom is -0.361 e. The van der Waals surface area contributed by atoms with E-state index in [1.165, 1.54) is 22.7 Å². The van der Waals surface area contributed by atoms with Gasteiger partial charge < -0.3 is 9.42 Å². The van der Waals surface area contributed by atoms with Crippen molar-refractivity contribution in [3.8, 4) is 11.4 Å². The Hall–Kier alpha value is -2.87. The average Bonchev–Trinajstić information content (AvgIpc) is 3.08. The Labute approximate surface area is 160 Å². The van der Waals surface area contributed by atoms with Crippen molar-refractivity contribution in [2.45, 2.75) is 30.0 Å². The summed E-state index contributed by atoms with van der Waals surface area (Å²) in [4.78, 5) is 18.3. The fourth-order valence-electron chi connectivity index (χ4n) is 3.05. The van der Waals surface area contributed by atoms with Crippen LogP contribution in [0, 0.1) is 10.1 Å². The molecule has 2 aromatic carbocycles. The number of thioether (sulfide) groups is 1. The summed E-state index contributed by atoms with van der Waals surface area (Å²) in [5, 5.41) is 15.4. The van der Waals surface area contributed by atoms with Gasteiger partial charge >= 0.3 is 0 Å². The number of nitro groups is 1. The molecule has 7 nitrogen and oxygen atoms in total. The molecule has 1 aromatic heterocycles. The molecule has 3 aromatic rings. The lowest BCUT2D eigenvalue weighted by atomic mass is 10.2. The van der Waals surface area contributed by atoms with E-state index >= 15 is 0 Å². The molecule has 1 aliphatic heterocycles. The lowest BCUT2D eigenvalue weighted by Crippen LogP contribution is -2.24. The van der Waals surface area contributed by atoms with Crippen molar-refractivity contribution in [1.29, 1.82) is 0 Å². The summed E-state index contributed by atoms with van der Waals surface area (Å²) in [6.07, 6.45) is 1.07. The first-order valence-electron chi connectivity index (χ1n) is 8.68. The van der Waals surface area contributed by atoms with Crippen molar-refractivity contribution in [2.75, 3.05) is 11.4 Å². The third-order valence-corrected chi connectivity index (χ3v) is 5.71. The van der Waals surface area contributed by atoms with Gasteiger partial charge in [0, 0.05) is 34.4 Å². The van der Waals surface area contributed by atoms with Gasteiger partial charge in [-0.25, -0.2) is 0 Å². The number of hydrogen-bond donors (Lipinski definition) is 0. The van der Waals surface area contributed by atoms with Gasteiger partial charge in [-0.05, 0) is 30.7 Å². The van der Waals surface area contributed by atoms with Crippen molar-refractivity contribution in [3.63, 3.8) is 0 Å². The van der Waals surface area contributed by atoms with E-state index in [9.17, 15) is 10.1 Å². The van der Waals surface area contributed by atoms with Gasteiger partial charge in [-0.2, -0.15) is 4.98 Å². The Morgan fingerprint density at radius 2 is 2.04 bits per heavy atom. The molecule has 0 aliphatic carbocycles. The summed E-state index contributed by atoms with van der Waals surface area (Å²) in [5.74, 6) is 0.962. The molecule has 0 spiro atoms. The number of hydrogen-bond acceptors (Lipinski definition) is 7. The summed E-state index contributed by atoms with van der Waals surface area (Å²) in [6.45, 7) is 3.69. The predicted molar refractivity (Wildman–Crippen MR) is 104 cm³/mol. The number of fused-ring (bicyclic) bond motifs is 1. The molecule has 8 heteroatoms. The van der Waals surface area contributed by atoms with E-state index in [1.807, 2.05) is 17.8 Å². The van der Waals surface area contributed by atoms with Crippen LogP contribution in [0.5, 0.6) is 0 Å². The van der Waals surface area contributed by atoms with Gasteiger partial charge in [0.25, 0.3) is 5.69 Å². The quantitative estimate of drug-likeness (QED) is 0.484. The molecule has 138 valence electrons. The average molecular weight is 382 g/mol. The molecular formula is C19H18N4O3S. The molecule has 1 aliphatic rings. The second kappa shape index (κ2) is 7.40. The molecule has 0 radical (unpaired) electrons. The molecule has 1 atom stereocenters. The maximum absolute atomic E-state index is 10.8. The van der Waals surface area contributed by atoms with Gasteiger partial charge in [0.05, 0.1) is 17.2 Å². The summed E-state index contributed by atoms with van der Waals surface area (Å²) in [5.41, 5.74) is 1.91. The van der Waals surface area contributed by atoms with Crippen LogP contribution in [0.1, 0.15) is 19.2 Å². The molecule has 0 saturated heterocycles. The zero-order chi connectivity index (χ0) is 18.8. The highest BCUT2D eigenvalue weighted by atomic mass is 32.2. The van der Waals surface area contributed by atoms with Crippen LogP contribution in [-0.4, -0.2) is 26.9 Å². The Kier molecular flexibility index (Phi) is 4.81. The maximum Gasteiger partial charge on any atom is 0.269 e. The Morgan fingerprint density at radius 3 is 2.81 bits per heavy atom. The molecular weight excluding hydrogens is 364 g/mol. The monoisotopic (exact) mass is 382 g/mol. The van der Waals surface area contributed by atoms with Crippen LogP contribution in [0.15, 0.2) is 57.9 Å². The maximum atomic E-state index is 10.8. The van der Waals surface area contributed by atoms with Crippen molar-refractivity contribution in [1.82, 2.24) is 10.1 Å². The molecule has 0 amide bonds. The van der Waals surface area contributed by atoms with Crippen LogP contribution in [0.4, 0.5) is 11.4 Å². The minimum absolute atomic E-state index is 0.0373. The zero-order valence-electron chi connectivity index (χ0n) is 14.7. The third-order valence-electron chi connectivity index (χ3n) is 4.47. The van der Waals surface area contributed by atoms with Crippen LogP contribution in [-0.2, 0) is 6.54 Å². The van der Waals surface area contributed by atoms with E-state index in [4.69, 9.17) is 4.52 Å². The Morgan fingerprint density at radius 1 is 1.26 bits per heavy atom. The lowest BCUT2D eigenvalue weighted by molar-refractivity contribution is -0.384. The highest BCUT2D eigenvalue weighted by Crippen LogP contribution is 2.37. The first-order valence-corrected chi connectivity index (χ1v) is 9.56. The number of rotatable bonds is 4. The van der Waals surface area contributed by atoms with Crippen LogP contribution >= 0.6 is 11.8 Å². The number of nitro benzene ring substituents is 1. The van der Waals surface area contributed by atoms with E-state index in [0.29, 0.717) is 29.1 Å². The van der Waals surface area contributed by atoms with Gasteiger partial charge in [0.2, 0.25) is 11.7 Å². The molecule has 0 bridgehead atoms. The van der Waals surface area contributed by atoms with Gasteiger partial charge in [-0.15, -0.1) is 11.8 Å². The molecule has 0 N–H and O–H groups in total. The number of nitrogens with zero attached hydrogens (tertiary/aromatic N) is 4. The van der Waals surface area contributed by atoms with Crippen molar-refractivity contribution in [3.05, 3.63) is 64.5 Å². The summed E-state index contributed by atoms with van der Waals surface area (Å²) in [7, 11) is 0. The Bertz CT molecular complexity index is 958. The van der Waals surface area contributed by atoms with Gasteiger partial charge in [0.1, 0.15) is 0 Å². The lowest BCUT2D eigenvalue weighted by Gasteiger charge is -2.22. The smallest absolute Gasteiger partial charge is 0.269 e. The number of non-ortho nitro benzene ring substituents is 1. The number of para-hydroxylation sites is 1. The minimum atomic E-state index is -0.429. The van der Waals surface area contributed by atoms with Crippen LogP contribution in [0.2, 0.25) is 0 Å². The standard InChI is InChI=1S/C19H18N4O3S/c1-13-10-11-22(16-4-2-3-5-17(16)27-13)12-18-20-19(21-26-18)14-6-8-15(9-7-14)23(24)25/h2-9,13H,10-12H2,1H3. The molecule has 27 heavy (non-hydrogen) atoms. The molecule has 0 saturated carbocycles. The molecule has 1 unspecified atom stereocenters. The molecule has 0 fully saturated rings.